The van der Waals surface area contributed by atoms with Crippen molar-refractivity contribution >= 4 is 18.0 Å². The Hall–Kier alpha value is -2.25. The van der Waals surface area contributed by atoms with Gasteiger partial charge in [0.2, 0.25) is 0 Å². The fourth-order valence-corrected chi connectivity index (χ4v) is 0.594. The Bertz CT molecular complexity index is 302. The highest BCUT2D eigenvalue weighted by Crippen LogP contribution is 1.90. The Balaban J connectivity index is 3.52. The number of rotatable bonds is 4. The molecule has 0 aromatic carbocycles. The van der Waals surface area contributed by atoms with Gasteiger partial charge in [-0.05, 0) is 6.92 Å². The Labute approximate surface area is 92.2 Å². The maximum atomic E-state index is 10.9. The first-order valence-electron chi connectivity index (χ1n) is 4.35. The summed E-state index contributed by atoms with van der Waals surface area (Å²) < 4.78 is 4.69. The zero-order valence-electron chi connectivity index (χ0n) is 8.83. The molecule has 0 unspecified atom stereocenters. The first kappa shape index (κ1) is 13.8. The second-order valence-electron chi connectivity index (χ2n) is 2.79. The molecule has 0 atom stereocenters. The van der Waals surface area contributed by atoms with Crippen molar-refractivity contribution in [1.82, 2.24) is 16.2 Å². The molecule has 0 fully saturated rings. The van der Waals surface area contributed by atoms with Gasteiger partial charge in [-0.25, -0.2) is 25.2 Å². The fourth-order valence-electron chi connectivity index (χ4n) is 0.594. The molecule has 0 bridgehead atoms. The van der Waals surface area contributed by atoms with Gasteiger partial charge in [0.15, 0.2) is 0 Å². The summed E-state index contributed by atoms with van der Waals surface area (Å²) in [7, 11) is 0. The minimum atomic E-state index is -0.885. The molecule has 16 heavy (non-hydrogen) atoms. The van der Waals surface area contributed by atoms with Crippen molar-refractivity contribution in [2.24, 2.45) is 5.73 Å². The van der Waals surface area contributed by atoms with Crippen LogP contribution >= 0.6 is 0 Å². The van der Waals surface area contributed by atoms with Gasteiger partial charge in [-0.1, -0.05) is 6.58 Å². The largest absolute Gasteiger partial charge is 0.460 e. The summed E-state index contributed by atoms with van der Waals surface area (Å²) in [6.45, 7) is 5.01. The summed E-state index contributed by atoms with van der Waals surface area (Å²) in [5.74, 6) is -0.530. The van der Waals surface area contributed by atoms with Crippen LogP contribution in [0.3, 0.4) is 0 Å². The fraction of sp³-hybridized carbons (Fsp3) is 0.375. The van der Waals surface area contributed by atoms with Gasteiger partial charge in [0.25, 0.3) is 0 Å². The normalized spacial score (nSPS) is 8.81. The lowest BCUT2D eigenvalue weighted by molar-refractivity contribution is -0.138. The standard InChI is InChI=1S/C8H14N4O4/c1-5(2)6(13)16-4-3-10-8(15)12-11-7(9)14/h1,3-4H2,2H3,(H3,9,11,14)(H2,10,12,15). The quantitative estimate of drug-likeness (QED) is 0.214. The Morgan fingerprint density at radius 1 is 1.31 bits per heavy atom. The molecule has 0 rings (SSSR count). The molecule has 4 amide bonds. The van der Waals surface area contributed by atoms with Crippen LogP contribution in [0.1, 0.15) is 6.92 Å². The van der Waals surface area contributed by atoms with Gasteiger partial charge in [0.1, 0.15) is 6.61 Å². The molecule has 0 aliphatic carbocycles. The van der Waals surface area contributed by atoms with Crippen molar-refractivity contribution in [3.8, 4) is 0 Å². The van der Waals surface area contributed by atoms with E-state index in [1.807, 2.05) is 10.9 Å². The summed E-state index contributed by atoms with van der Waals surface area (Å²) in [4.78, 5) is 31.9. The topological polar surface area (TPSA) is 123 Å². The van der Waals surface area contributed by atoms with Gasteiger partial charge in [0.05, 0.1) is 6.54 Å². The van der Waals surface area contributed by atoms with Crippen LogP contribution in [0.2, 0.25) is 0 Å². The van der Waals surface area contributed by atoms with Crippen molar-refractivity contribution in [2.45, 2.75) is 6.92 Å². The van der Waals surface area contributed by atoms with E-state index in [1.54, 1.807) is 0 Å². The van der Waals surface area contributed by atoms with Crippen LogP contribution in [-0.4, -0.2) is 31.2 Å². The molecule has 0 aromatic heterocycles. The second-order valence-corrected chi connectivity index (χ2v) is 2.79. The minimum Gasteiger partial charge on any atom is -0.460 e. The van der Waals surface area contributed by atoms with Gasteiger partial charge >= 0.3 is 18.0 Å². The van der Waals surface area contributed by atoms with E-state index in [1.165, 1.54) is 6.92 Å². The molecule has 90 valence electrons. The van der Waals surface area contributed by atoms with Gasteiger partial charge in [0, 0.05) is 5.57 Å². The van der Waals surface area contributed by atoms with E-state index in [2.05, 4.69) is 16.6 Å². The zero-order chi connectivity index (χ0) is 12.6. The van der Waals surface area contributed by atoms with E-state index in [0.717, 1.165) is 0 Å². The van der Waals surface area contributed by atoms with Crippen molar-refractivity contribution in [3.63, 3.8) is 0 Å². The molecule has 0 saturated heterocycles. The van der Waals surface area contributed by atoms with Gasteiger partial charge in [-0.15, -0.1) is 0 Å². The summed E-state index contributed by atoms with van der Waals surface area (Å²) in [5.41, 5.74) is 8.80. The van der Waals surface area contributed by atoms with E-state index in [9.17, 15) is 14.4 Å². The van der Waals surface area contributed by atoms with Crippen LogP contribution in [0.25, 0.3) is 0 Å². The van der Waals surface area contributed by atoms with E-state index in [-0.39, 0.29) is 18.7 Å². The second kappa shape index (κ2) is 7.10. The molecule has 8 heteroatoms. The highest BCUT2D eigenvalue weighted by molar-refractivity contribution is 5.86. The summed E-state index contributed by atoms with van der Waals surface area (Å²) in [6.07, 6.45) is 0. The number of amides is 4. The molecular formula is C8H14N4O4. The Morgan fingerprint density at radius 3 is 2.44 bits per heavy atom. The Kier molecular flexibility index (Phi) is 6.10. The molecule has 0 aliphatic rings. The first-order chi connectivity index (χ1) is 7.43. The number of carbonyl (C=O) groups is 3. The number of ether oxygens (including phenoxy) is 1. The van der Waals surface area contributed by atoms with Crippen LogP contribution in [-0.2, 0) is 9.53 Å². The molecule has 0 aliphatic heterocycles. The molecular weight excluding hydrogens is 216 g/mol. The van der Waals surface area contributed by atoms with Crippen molar-refractivity contribution < 1.29 is 19.1 Å². The SMILES string of the molecule is C=C(C)C(=O)OCCNC(=O)NNC(N)=O. The lowest BCUT2D eigenvalue weighted by atomic mass is 10.4. The van der Waals surface area contributed by atoms with E-state index >= 15 is 0 Å². The van der Waals surface area contributed by atoms with E-state index in [4.69, 9.17) is 5.73 Å². The summed E-state index contributed by atoms with van der Waals surface area (Å²) in [6, 6.07) is -1.55. The van der Waals surface area contributed by atoms with E-state index < -0.39 is 18.0 Å². The highest BCUT2D eigenvalue weighted by atomic mass is 16.5. The molecule has 0 saturated carbocycles. The predicted molar refractivity (Wildman–Crippen MR) is 55.0 cm³/mol. The van der Waals surface area contributed by atoms with Crippen LogP contribution in [0.4, 0.5) is 9.59 Å². The smallest absolute Gasteiger partial charge is 0.333 e. The minimum absolute atomic E-state index is 0.00961. The van der Waals surface area contributed by atoms with Crippen molar-refractivity contribution in [1.29, 1.82) is 0 Å². The molecule has 5 N–H and O–H groups in total. The third-order valence-electron chi connectivity index (χ3n) is 1.27. The maximum Gasteiger partial charge on any atom is 0.333 e. The molecule has 0 spiro atoms. The van der Waals surface area contributed by atoms with Crippen LogP contribution in [0, 0.1) is 0 Å². The zero-order valence-corrected chi connectivity index (χ0v) is 8.83. The van der Waals surface area contributed by atoms with Crippen LogP contribution in [0.15, 0.2) is 12.2 Å². The number of primary amides is 1. The highest BCUT2D eigenvalue weighted by Gasteiger charge is 2.03. The lowest BCUT2D eigenvalue weighted by Gasteiger charge is -2.07. The average molecular weight is 230 g/mol. The number of hydrazine groups is 1. The van der Waals surface area contributed by atoms with E-state index in [0.29, 0.717) is 0 Å². The molecule has 8 nitrogen and oxygen atoms in total. The molecule has 0 heterocycles. The number of urea groups is 2. The third-order valence-corrected chi connectivity index (χ3v) is 1.27. The van der Waals surface area contributed by atoms with Crippen LogP contribution in [0.5, 0.6) is 0 Å². The number of hydrogen-bond acceptors (Lipinski definition) is 4. The number of carbonyl (C=O) groups excluding carboxylic acids is 3. The van der Waals surface area contributed by atoms with Gasteiger partial charge in [-0.3, -0.25) is 0 Å². The number of esters is 1. The third kappa shape index (κ3) is 7.18. The summed E-state index contributed by atoms with van der Waals surface area (Å²) in [5, 5.41) is 2.31. The number of nitrogens with one attached hydrogen (secondary N) is 3. The summed E-state index contributed by atoms with van der Waals surface area (Å²) >= 11 is 0. The van der Waals surface area contributed by atoms with Gasteiger partial charge in [-0.2, -0.15) is 0 Å². The van der Waals surface area contributed by atoms with Crippen molar-refractivity contribution in [3.05, 3.63) is 12.2 Å². The average Bonchev–Trinajstić information content (AvgIpc) is 2.20. The molecule has 0 radical (unpaired) electrons. The van der Waals surface area contributed by atoms with Crippen molar-refractivity contribution in [2.75, 3.05) is 13.2 Å². The number of nitrogens with two attached hydrogens (primary N) is 1. The lowest BCUT2D eigenvalue weighted by Crippen LogP contribution is -2.49. The maximum absolute atomic E-state index is 10.9. The van der Waals surface area contributed by atoms with Gasteiger partial charge < -0.3 is 15.8 Å². The predicted octanol–water partition coefficient (Wildman–Crippen LogP) is -1.01. The van der Waals surface area contributed by atoms with Crippen LogP contribution < -0.4 is 21.9 Å². The monoisotopic (exact) mass is 230 g/mol. The Morgan fingerprint density at radius 2 is 1.94 bits per heavy atom. The molecule has 0 aromatic rings. The first-order valence-corrected chi connectivity index (χ1v) is 4.35. The number of hydrogen-bond donors (Lipinski definition) is 4.